The molecule has 0 heterocycles. The highest BCUT2D eigenvalue weighted by Gasteiger charge is 2.02. The number of rotatable bonds is 4. The van der Waals surface area contributed by atoms with Gasteiger partial charge in [-0.15, -0.1) is 0 Å². The third kappa shape index (κ3) is 4.06. The van der Waals surface area contributed by atoms with Crippen molar-refractivity contribution in [1.82, 2.24) is 0 Å². The van der Waals surface area contributed by atoms with Crippen LogP contribution < -0.4 is 0 Å². The van der Waals surface area contributed by atoms with Crippen molar-refractivity contribution in [2.24, 2.45) is 0 Å². The highest BCUT2D eigenvalue weighted by atomic mass is 35.5. The van der Waals surface area contributed by atoms with Gasteiger partial charge in [-0.1, -0.05) is 37.6 Å². The maximum Gasteiger partial charge on any atom is 0.0406 e. The van der Waals surface area contributed by atoms with Crippen LogP contribution in [0.3, 0.4) is 0 Å². The fraction of sp³-hybridized carbons (Fsp3) is 0.455. The van der Waals surface area contributed by atoms with Gasteiger partial charge in [-0.25, -0.2) is 0 Å². The van der Waals surface area contributed by atoms with E-state index in [1.165, 1.54) is 11.3 Å². The van der Waals surface area contributed by atoms with Crippen LogP contribution in [0, 0.1) is 0 Å². The van der Waals surface area contributed by atoms with Crippen molar-refractivity contribution in [2.45, 2.75) is 25.5 Å². The average Bonchev–Trinajstić information content (AvgIpc) is 2.09. The minimum absolute atomic E-state index is 0.700. The molecule has 1 aromatic rings. The van der Waals surface area contributed by atoms with E-state index in [1.807, 2.05) is 23.9 Å². The van der Waals surface area contributed by atoms with Gasteiger partial charge >= 0.3 is 0 Å². The summed E-state index contributed by atoms with van der Waals surface area (Å²) in [4.78, 5) is 0. The van der Waals surface area contributed by atoms with E-state index < -0.39 is 0 Å². The van der Waals surface area contributed by atoms with E-state index in [-0.39, 0.29) is 0 Å². The minimum atomic E-state index is 0.700. The monoisotopic (exact) mass is 214 g/mol. The van der Waals surface area contributed by atoms with Crippen molar-refractivity contribution < 1.29 is 0 Å². The number of benzene rings is 1. The first-order valence-electron chi connectivity index (χ1n) is 4.58. The molecular formula is C11H15ClS. The third-order valence-electron chi connectivity index (χ3n) is 1.89. The number of halogens is 1. The Morgan fingerprint density at radius 2 is 1.92 bits per heavy atom. The van der Waals surface area contributed by atoms with Gasteiger partial charge < -0.3 is 0 Å². The Morgan fingerprint density at radius 1 is 1.31 bits per heavy atom. The Hall–Kier alpha value is -0.140. The lowest BCUT2D eigenvalue weighted by atomic mass is 10.1. The predicted octanol–water partition coefficient (Wildman–Crippen LogP) is 4.02. The Morgan fingerprint density at radius 3 is 2.46 bits per heavy atom. The summed E-state index contributed by atoms with van der Waals surface area (Å²) >= 11 is 7.80. The van der Waals surface area contributed by atoms with Gasteiger partial charge in [-0.3, -0.25) is 0 Å². The van der Waals surface area contributed by atoms with Gasteiger partial charge in [0.25, 0.3) is 0 Å². The zero-order chi connectivity index (χ0) is 9.68. The molecule has 1 unspecified atom stereocenters. The topological polar surface area (TPSA) is 0 Å². The third-order valence-corrected chi connectivity index (χ3v) is 3.21. The molecule has 1 atom stereocenters. The number of hydrogen-bond acceptors (Lipinski definition) is 1. The standard InChI is InChI=1S/C11H15ClS/c1-3-13-9(2)8-10-4-6-11(12)7-5-10/h4-7,9H,3,8H2,1-2H3. The maximum absolute atomic E-state index is 5.80. The second kappa shape index (κ2) is 5.56. The second-order valence-electron chi connectivity index (χ2n) is 3.10. The van der Waals surface area contributed by atoms with Gasteiger partial charge in [0.1, 0.15) is 0 Å². The van der Waals surface area contributed by atoms with E-state index >= 15 is 0 Å². The van der Waals surface area contributed by atoms with Crippen molar-refractivity contribution in [3.05, 3.63) is 34.9 Å². The molecule has 0 N–H and O–H groups in total. The van der Waals surface area contributed by atoms with Gasteiger partial charge in [0.05, 0.1) is 0 Å². The Balaban J connectivity index is 2.49. The van der Waals surface area contributed by atoms with Crippen LogP contribution in [0.1, 0.15) is 19.4 Å². The Bertz CT molecular complexity index is 243. The fourth-order valence-corrected chi connectivity index (χ4v) is 2.30. The highest BCUT2D eigenvalue weighted by molar-refractivity contribution is 7.99. The molecule has 0 saturated heterocycles. The fourth-order valence-electron chi connectivity index (χ4n) is 1.30. The first-order valence-corrected chi connectivity index (χ1v) is 6.01. The largest absolute Gasteiger partial charge is 0.159 e. The molecule has 0 nitrogen and oxygen atoms in total. The molecule has 0 bridgehead atoms. The maximum atomic E-state index is 5.80. The summed E-state index contributed by atoms with van der Waals surface area (Å²) in [6, 6.07) is 8.13. The molecule has 0 amide bonds. The molecule has 1 aromatic carbocycles. The molecular weight excluding hydrogens is 200 g/mol. The van der Waals surface area contributed by atoms with Gasteiger partial charge in [-0.2, -0.15) is 11.8 Å². The molecule has 0 radical (unpaired) electrons. The van der Waals surface area contributed by atoms with Crippen LogP contribution in [0.4, 0.5) is 0 Å². The van der Waals surface area contributed by atoms with Crippen molar-refractivity contribution in [2.75, 3.05) is 5.75 Å². The quantitative estimate of drug-likeness (QED) is 0.730. The smallest absolute Gasteiger partial charge is 0.0406 e. The molecule has 0 aliphatic carbocycles. The van der Waals surface area contributed by atoms with Gasteiger partial charge in [0, 0.05) is 10.3 Å². The molecule has 0 aromatic heterocycles. The first kappa shape index (κ1) is 10.9. The van der Waals surface area contributed by atoms with Gasteiger partial charge in [-0.05, 0) is 29.9 Å². The summed E-state index contributed by atoms with van der Waals surface area (Å²) in [6.07, 6.45) is 1.13. The summed E-state index contributed by atoms with van der Waals surface area (Å²) in [5, 5.41) is 1.52. The molecule has 13 heavy (non-hydrogen) atoms. The van der Waals surface area contributed by atoms with Crippen LogP contribution >= 0.6 is 23.4 Å². The molecule has 1 rings (SSSR count). The molecule has 0 fully saturated rings. The highest BCUT2D eigenvalue weighted by Crippen LogP contribution is 2.17. The van der Waals surface area contributed by atoms with Crippen molar-refractivity contribution >= 4 is 23.4 Å². The molecule has 0 aliphatic heterocycles. The van der Waals surface area contributed by atoms with Crippen molar-refractivity contribution in [3.8, 4) is 0 Å². The number of thioether (sulfide) groups is 1. The predicted molar refractivity (Wildman–Crippen MR) is 62.8 cm³/mol. The Labute approximate surface area is 89.7 Å². The van der Waals surface area contributed by atoms with Gasteiger partial charge in [0.2, 0.25) is 0 Å². The average molecular weight is 215 g/mol. The van der Waals surface area contributed by atoms with Crippen molar-refractivity contribution in [1.29, 1.82) is 0 Å². The van der Waals surface area contributed by atoms with Gasteiger partial charge in [0.15, 0.2) is 0 Å². The van der Waals surface area contributed by atoms with E-state index in [1.54, 1.807) is 0 Å². The summed E-state index contributed by atoms with van der Waals surface area (Å²) in [5.41, 5.74) is 1.37. The van der Waals surface area contributed by atoms with Crippen LogP contribution in [0.15, 0.2) is 24.3 Å². The van der Waals surface area contributed by atoms with E-state index in [9.17, 15) is 0 Å². The summed E-state index contributed by atoms with van der Waals surface area (Å²) < 4.78 is 0. The van der Waals surface area contributed by atoms with E-state index in [0.29, 0.717) is 5.25 Å². The summed E-state index contributed by atoms with van der Waals surface area (Å²) in [7, 11) is 0. The first-order chi connectivity index (χ1) is 6.22. The van der Waals surface area contributed by atoms with E-state index in [0.717, 1.165) is 11.4 Å². The zero-order valence-corrected chi connectivity index (χ0v) is 9.66. The van der Waals surface area contributed by atoms with Crippen molar-refractivity contribution in [3.63, 3.8) is 0 Å². The summed E-state index contributed by atoms with van der Waals surface area (Å²) in [6.45, 7) is 4.46. The van der Waals surface area contributed by atoms with Crippen LogP contribution in [0.2, 0.25) is 5.02 Å². The lowest BCUT2D eigenvalue weighted by Gasteiger charge is -2.09. The van der Waals surface area contributed by atoms with E-state index in [2.05, 4.69) is 26.0 Å². The molecule has 72 valence electrons. The lowest BCUT2D eigenvalue weighted by Crippen LogP contribution is -2.01. The van der Waals surface area contributed by atoms with Crippen LogP contribution in [-0.4, -0.2) is 11.0 Å². The zero-order valence-electron chi connectivity index (χ0n) is 8.09. The number of hydrogen-bond donors (Lipinski definition) is 0. The molecule has 0 saturated carbocycles. The molecule has 0 spiro atoms. The van der Waals surface area contributed by atoms with Crippen LogP contribution in [0.5, 0.6) is 0 Å². The van der Waals surface area contributed by atoms with E-state index in [4.69, 9.17) is 11.6 Å². The molecule has 2 heteroatoms. The van der Waals surface area contributed by atoms with Crippen LogP contribution in [-0.2, 0) is 6.42 Å². The molecule has 0 aliphatic rings. The normalized spacial score (nSPS) is 12.8. The summed E-state index contributed by atoms with van der Waals surface area (Å²) in [5.74, 6) is 1.19. The minimum Gasteiger partial charge on any atom is -0.159 e. The Kier molecular flexibility index (Phi) is 4.68. The lowest BCUT2D eigenvalue weighted by molar-refractivity contribution is 0.943. The van der Waals surface area contributed by atoms with Crippen LogP contribution in [0.25, 0.3) is 0 Å². The second-order valence-corrected chi connectivity index (χ2v) is 5.25. The SMILES string of the molecule is CCSC(C)Cc1ccc(Cl)cc1.